The molecule has 1 unspecified atom stereocenters. The molecular formula is C11H21N3O2. The molecule has 4 N–H and O–H groups in total. The summed E-state index contributed by atoms with van der Waals surface area (Å²) >= 11 is 0. The highest BCUT2D eigenvalue weighted by Crippen LogP contribution is 2.15. The Morgan fingerprint density at radius 2 is 2.25 bits per heavy atom. The number of aromatic amines is 1. The van der Waals surface area contributed by atoms with Gasteiger partial charge in [0, 0.05) is 12.4 Å². The monoisotopic (exact) mass is 227 g/mol. The second-order valence-electron chi connectivity index (χ2n) is 3.68. The fourth-order valence-electron chi connectivity index (χ4n) is 1.14. The first-order chi connectivity index (χ1) is 7.56. The number of aliphatic carboxylic acids is 1. The molecule has 0 aliphatic rings. The highest BCUT2D eigenvalue weighted by molar-refractivity contribution is 5.78. The van der Waals surface area contributed by atoms with Gasteiger partial charge in [-0.2, -0.15) is 0 Å². The van der Waals surface area contributed by atoms with Gasteiger partial charge >= 0.3 is 5.97 Å². The molecule has 1 aromatic rings. The molecule has 5 heteroatoms. The molecule has 16 heavy (non-hydrogen) atoms. The standard InChI is InChI=1S/C8H17NO2.C3H4N2/c1-3-5-6-8(9,4-2)7(10)11;1-2-5-3-4-1/h3-6,9H2,1-2H3,(H,10,11);1-3H,(H,4,5). The number of H-pyrrole nitrogens is 1. The molecule has 1 rings (SSSR count). The summed E-state index contributed by atoms with van der Waals surface area (Å²) in [5.74, 6) is -0.881. The van der Waals surface area contributed by atoms with Crippen LogP contribution in [0.2, 0.25) is 0 Å². The Morgan fingerprint density at radius 1 is 1.56 bits per heavy atom. The Hall–Kier alpha value is -1.36. The van der Waals surface area contributed by atoms with Gasteiger partial charge in [0.15, 0.2) is 0 Å². The number of nitrogens with zero attached hydrogens (tertiary/aromatic N) is 1. The maximum Gasteiger partial charge on any atom is 0.323 e. The summed E-state index contributed by atoms with van der Waals surface area (Å²) in [6.07, 6.45) is 8.04. The van der Waals surface area contributed by atoms with Gasteiger partial charge in [-0.15, -0.1) is 0 Å². The third-order valence-corrected chi connectivity index (χ3v) is 2.44. The van der Waals surface area contributed by atoms with E-state index in [2.05, 4.69) is 9.97 Å². The lowest BCUT2D eigenvalue weighted by atomic mass is 9.91. The number of carboxylic acids is 1. The minimum atomic E-state index is -0.990. The third kappa shape index (κ3) is 5.50. The van der Waals surface area contributed by atoms with Crippen LogP contribution in [0.5, 0.6) is 0 Å². The van der Waals surface area contributed by atoms with Crippen molar-refractivity contribution in [2.45, 2.75) is 45.1 Å². The fourth-order valence-corrected chi connectivity index (χ4v) is 1.14. The van der Waals surface area contributed by atoms with Gasteiger partial charge in [0.2, 0.25) is 0 Å². The summed E-state index contributed by atoms with van der Waals surface area (Å²) in [4.78, 5) is 17.0. The molecule has 1 atom stereocenters. The number of nitrogens with two attached hydrogens (primary N) is 1. The van der Waals surface area contributed by atoms with Gasteiger partial charge in [-0.05, 0) is 12.8 Å². The highest BCUT2D eigenvalue weighted by atomic mass is 16.4. The Morgan fingerprint density at radius 3 is 2.50 bits per heavy atom. The molecule has 0 saturated heterocycles. The molecule has 0 bridgehead atoms. The average Bonchev–Trinajstić information content (AvgIpc) is 2.84. The van der Waals surface area contributed by atoms with Crippen LogP contribution in [0.3, 0.4) is 0 Å². The molecule has 0 spiro atoms. The van der Waals surface area contributed by atoms with Crippen LogP contribution in [0, 0.1) is 0 Å². The summed E-state index contributed by atoms with van der Waals surface area (Å²) < 4.78 is 0. The average molecular weight is 227 g/mol. The first kappa shape index (κ1) is 14.6. The third-order valence-electron chi connectivity index (χ3n) is 2.44. The molecule has 0 aromatic carbocycles. The zero-order valence-electron chi connectivity index (χ0n) is 9.94. The summed E-state index contributed by atoms with van der Waals surface area (Å²) in [6, 6.07) is 0. The predicted octanol–water partition coefficient (Wildman–Crippen LogP) is 1.78. The normalized spacial score (nSPS) is 13.4. The van der Waals surface area contributed by atoms with E-state index >= 15 is 0 Å². The predicted molar refractivity (Wildman–Crippen MR) is 63.0 cm³/mol. The topological polar surface area (TPSA) is 92.0 Å². The number of carboxylic acid groups (broad SMARTS) is 1. The molecule has 0 amide bonds. The van der Waals surface area contributed by atoms with Crippen LogP contribution < -0.4 is 5.73 Å². The van der Waals surface area contributed by atoms with Crippen molar-refractivity contribution in [1.29, 1.82) is 0 Å². The zero-order valence-corrected chi connectivity index (χ0v) is 9.94. The van der Waals surface area contributed by atoms with E-state index in [1.54, 1.807) is 18.7 Å². The van der Waals surface area contributed by atoms with Crippen molar-refractivity contribution >= 4 is 5.97 Å². The molecule has 0 saturated carbocycles. The fraction of sp³-hybridized carbons (Fsp3) is 0.636. The first-order valence-corrected chi connectivity index (χ1v) is 5.51. The van der Waals surface area contributed by atoms with Crippen molar-refractivity contribution in [3.8, 4) is 0 Å². The van der Waals surface area contributed by atoms with Crippen LogP contribution >= 0.6 is 0 Å². The van der Waals surface area contributed by atoms with E-state index in [-0.39, 0.29) is 0 Å². The van der Waals surface area contributed by atoms with Crippen LogP contribution in [-0.2, 0) is 4.79 Å². The smallest absolute Gasteiger partial charge is 0.323 e. The molecule has 0 fully saturated rings. The summed E-state index contributed by atoms with van der Waals surface area (Å²) in [6.45, 7) is 3.84. The highest BCUT2D eigenvalue weighted by Gasteiger charge is 2.30. The Labute approximate surface area is 96.1 Å². The second-order valence-corrected chi connectivity index (χ2v) is 3.68. The maximum atomic E-state index is 10.6. The van der Waals surface area contributed by atoms with Crippen molar-refractivity contribution < 1.29 is 9.90 Å². The zero-order chi connectivity index (χ0) is 12.4. The van der Waals surface area contributed by atoms with Crippen molar-refractivity contribution in [1.82, 2.24) is 9.97 Å². The molecule has 0 aliphatic carbocycles. The van der Waals surface area contributed by atoms with E-state index in [0.717, 1.165) is 12.8 Å². The molecule has 0 aliphatic heterocycles. The van der Waals surface area contributed by atoms with Gasteiger partial charge in [0.25, 0.3) is 0 Å². The number of unbranched alkanes of at least 4 members (excludes halogenated alkanes) is 1. The van der Waals surface area contributed by atoms with E-state index in [9.17, 15) is 4.79 Å². The van der Waals surface area contributed by atoms with Crippen LogP contribution in [-0.4, -0.2) is 26.6 Å². The maximum absolute atomic E-state index is 10.6. The van der Waals surface area contributed by atoms with Crippen molar-refractivity contribution in [3.63, 3.8) is 0 Å². The Balaban J connectivity index is 0.000000368. The van der Waals surface area contributed by atoms with Crippen LogP contribution in [0.15, 0.2) is 18.7 Å². The first-order valence-electron chi connectivity index (χ1n) is 5.51. The molecule has 1 heterocycles. The summed E-state index contributed by atoms with van der Waals surface area (Å²) in [5.41, 5.74) is 4.64. The Bertz CT molecular complexity index is 258. The minimum absolute atomic E-state index is 0.502. The van der Waals surface area contributed by atoms with E-state index in [4.69, 9.17) is 10.8 Å². The van der Waals surface area contributed by atoms with Gasteiger partial charge in [0.05, 0.1) is 6.33 Å². The van der Waals surface area contributed by atoms with Gasteiger partial charge in [-0.25, -0.2) is 4.98 Å². The van der Waals surface area contributed by atoms with E-state index < -0.39 is 11.5 Å². The lowest BCUT2D eigenvalue weighted by Gasteiger charge is -2.22. The number of nitrogens with one attached hydrogen (secondary N) is 1. The SMILES string of the molecule is CCCCC(N)(CC)C(=O)O.c1c[nH]cn1. The van der Waals surface area contributed by atoms with Gasteiger partial charge < -0.3 is 15.8 Å². The van der Waals surface area contributed by atoms with E-state index in [1.165, 1.54) is 0 Å². The van der Waals surface area contributed by atoms with Crippen molar-refractivity contribution in [2.24, 2.45) is 5.73 Å². The number of hydrogen-bond donors (Lipinski definition) is 3. The van der Waals surface area contributed by atoms with Gasteiger partial charge in [-0.1, -0.05) is 26.7 Å². The Kier molecular flexibility index (Phi) is 7.20. The van der Waals surface area contributed by atoms with Gasteiger partial charge in [0.1, 0.15) is 5.54 Å². The van der Waals surface area contributed by atoms with E-state index in [0.29, 0.717) is 12.8 Å². The summed E-state index contributed by atoms with van der Waals surface area (Å²) in [5, 5.41) is 8.73. The second kappa shape index (κ2) is 7.87. The molecule has 5 nitrogen and oxygen atoms in total. The van der Waals surface area contributed by atoms with Crippen LogP contribution in [0.25, 0.3) is 0 Å². The number of rotatable bonds is 5. The van der Waals surface area contributed by atoms with Gasteiger partial charge in [-0.3, -0.25) is 4.79 Å². The van der Waals surface area contributed by atoms with Crippen LogP contribution in [0.1, 0.15) is 39.5 Å². The molecule has 92 valence electrons. The van der Waals surface area contributed by atoms with Crippen molar-refractivity contribution in [3.05, 3.63) is 18.7 Å². The largest absolute Gasteiger partial charge is 0.480 e. The number of hydrogen-bond acceptors (Lipinski definition) is 3. The molecule has 0 radical (unpaired) electrons. The molecular weight excluding hydrogens is 206 g/mol. The number of imidazole rings is 1. The lowest BCUT2D eigenvalue weighted by molar-refractivity contribution is -0.143. The summed E-state index contributed by atoms with van der Waals surface area (Å²) in [7, 11) is 0. The number of carbonyl (C=O) groups is 1. The molecule has 1 aromatic heterocycles. The van der Waals surface area contributed by atoms with Crippen molar-refractivity contribution in [2.75, 3.05) is 0 Å². The lowest BCUT2D eigenvalue weighted by Crippen LogP contribution is -2.47. The number of aromatic nitrogens is 2. The quantitative estimate of drug-likeness (QED) is 0.715. The van der Waals surface area contributed by atoms with Crippen LogP contribution in [0.4, 0.5) is 0 Å². The van der Waals surface area contributed by atoms with E-state index in [1.807, 2.05) is 13.8 Å². The minimum Gasteiger partial charge on any atom is -0.480 e.